The third-order valence-electron chi connectivity index (χ3n) is 9.12. The summed E-state index contributed by atoms with van der Waals surface area (Å²) in [5, 5.41) is 0. The first-order valence-corrected chi connectivity index (χ1v) is 15.3. The van der Waals surface area contributed by atoms with E-state index < -0.39 is 0 Å². The average Bonchev–Trinajstić information content (AvgIpc) is 3.75. The number of para-hydroxylation sites is 4. The fraction of sp³-hybridized carbons (Fsp3) is 0.278. The van der Waals surface area contributed by atoms with Gasteiger partial charge in [0.15, 0.2) is 12.3 Å². The fourth-order valence-corrected chi connectivity index (χ4v) is 6.37. The number of benzene rings is 3. The Bertz CT molecular complexity index is 1820. The molecule has 0 saturated carbocycles. The number of aryl methyl sites for hydroxylation is 4. The van der Waals surface area contributed by atoms with Crippen LogP contribution in [0.3, 0.4) is 0 Å². The van der Waals surface area contributed by atoms with Gasteiger partial charge in [0.1, 0.15) is 24.3 Å². The molecule has 7 rings (SSSR count). The average molecular weight is 589 g/mol. The summed E-state index contributed by atoms with van der Waals surface area (Å²) < 4.78 is 8.89. The van der Waals surface area contributed by atoms with Crippen LogP contribution >= 0.6 is 0 Å². The second kappa shape index (κ2) is 11.6. The van der Waals surface area contributed by atoms with Crippen molar-refractivity contribution in [1.82, 2.24) is 14.1 Å². The van der Waals surface area contributed by atoms with Crippen molar-refractivity contribution < 1.29 is 9.25 Å². The molecule has 0 unspecified atom stereocenters. The number of rotatable bonds is 4. The molecule has 0 spiro atoms. The van der Waals surface area contributed by atoms with Gasteiger partial charge in [-0.1, -0.05) is 48.5 Å². The van der Waals surface area contributed by atoms with E-state index in [4.69, 9.17) is 0 Å². The first-order valence-electron chi connectivity index (χ1n) is 15.3. The van der Waals surface area contributed by atoms with Crippen molar-refractivity contribution in [2.45, 2.75) is 40.0 Å². The van der Waals surface area contributed by atoms with Crippen LogP contribution in [0.2, 0.25) is 0 Å². The zero-order valence-corrected chi connectivity index (χ0v) is 27.1. The number of hydrogen-bond donors (Lipinski definition) is 0. The Balaban J connectivity index is 0.000000159. The molecule has 8 nitrogen and oxygen atoms in total. The molecule has 8 heteroatoms. The Morgan fingerprint density at radius 1 is 0.614 bits per heavy atom. The Labute approximate surface area is 261 Å². The summed E-state index contributed by atoms with van der Waals surface area (Å²) in [6.07, 6.45) is 11.3. The number of aromatic nitrogens is 4. The lowest BCUT2D eigenvalue weighted by Gasteiger charge is -2.26. The van der Waals surface area contributed by atoms with Crippen LogP contribution in [0.25, 0.3) is 16.7 Å². The van der Waals surface area contributed by atoms with Gasteiger partial charge in [-0.2, -0.15) is 9.36 Å². The lowest BCUT2D eigenvalue weighted by Crippen LogP contribution is -2.45. The summed E-state index contributed by atoms with van der Waals surface area (Å²) in [4.78, 5) is 9.12. The van der Waals surface area contributed by atoms with Gasteiger partial charge < -0.3 is 9.80 Å². The maximum Gasteiger partial charge on any atom is 0.366 e. The third kappa shape index (κ3) is 4.90. The molecule has 3 aromatic carbocycles. The first-order chi connectivity index (χ1) is 21.2. The van der Waals surface area contributed by atoms with Gasteiger partial charge in [0.05, 0.1) is 38.2 Å². The molecule has 0 radical (unpaired) electrons. The van der Waals surface area contributed by atoms with Crippen molar-refractivity contribution in [3.63, 3.8) is 0 Å². The molecule has 44 heavy (non-hydrogen) atoms. The van der Waals surface area contributed by atoms with Crippen molar-refractivity contribution >= 4 is 28.5 Å². The van der Waals surface area contributed by atoms with E-state index in [2.05, 4.69) is 204 Å². The monoisotopic (exact) mass is 588 g/mol. The molecule has 0 bridgehead atoms. The van der Waals surface area contributed by atoms with Crippen LogP contribution in [0.15, 0.2) is 110 Å². The largest absolute Gasteiger partial charge is 0.366 e. The number of imidazole rings is 1. The lowest BCUT2D eigenvalue weighted by molar-refractivity contribution is -0.732. The predicted octanol–water partition coefficient (Wildman–Crippen LogP) is 5.63. The zero-order chi connectivity index (χ0) is 31.1. The molecule has 0 fully saturated rings. The summed E-state index contributed by atoms with van der Waals surface area (Å²) in [5.41, 5.74) is 7.51. The number of anilines is 3. The molecular formula is C36H44N8+2. The molecule has 5 aromatic rings. The van der Waals surface area contributed by atoms with E-state index in [1.54, 1.807) is 0 Å². The van der Waals surface area contributed by atoms with Crippen molar-refractivity contribution in [3.05, 3.63) is 121 Å². The Hall–Kier alpha value is -4.98. The summed E-state index contributed by atoms with van der Waals surface area (Å²) in [5.74, 6) is 2.36. The van der Waals surface area contributed by atoms with Gasteiger partial charge in [-0.25, -0.2) is 18.9 Å². The smallest absolute Gasteiger partial charge is 0.339 e. The van der Waals surface area contributed by atoms with E-state index in [1.165, 1.54) is 45.3 Å². The SMILES string of the molecule is Cc1ccccc1-n1ccc(N2C=CN(C)[C@@H]2C)[n+]1C.Cc1ccccc1N1C=CN(c2n(C)c3ccccc3[n+]2C)[C@@H]1C. The first kappa shape index (κ1) is 29.1. The van der Waals surface area contributed by atoms with E-state index in [9.17, 15) is 0 Å². The van der Waals surface area contributed by atoms with Crippen LogP contribution in [0.4, 0.5) is 17.5 Å². The van der Waals surface area contributed by atoms with Crippen LogP contribution in [0.5, 0.6) is 0 Å². The van der Waals surface area contributed by atoms with E-state index in [0.29, 0.717) is 6.17 Å². The van der Waals surface area contributed by atoms with E-state index in [1.807, 2.05) is 0 Å². The molecule has 226 valence electrons. The van der Waals surface area contributed by atoms with Crippen LogP contribution in [0, 0.1) is 13.8 Å². The van der Waals surface area contributed by atoms with Gasteiger partial charge in [0.25, 0.3) is 0 Å². The molecule has 0 amide bonds. The highest BCUT2D eigenvalue weighted by molar-refractivity contribution is 5.75. The van der Waals surface area contributed by atoms with Crippen molar-refractivity contribution in [2.24, 2.45) is 21.1 Å². The minimum atomic E-state index is 0.223. The van der Waals surface area contributed by atoms with Gasteiger partial charge in [0, 0.05) is 25.1 Å². The van der Waals surface area contributed by atoms with Gasteiger partial charge in [0.2, 0.25) is 0 Å². The molecule has 0 aliphatic carbocycles. The third-order valence-corrected chi connectivity index (χ3v) is 9.12. The van der Waals surface area contributed by atoms with Gasteiger partial charge in [-0.05, 0) is 63.1 Å². The second-order valence-electron chi connectivity index (χ2n) is 11.8. The highest BCUT2D eigenvalue weighted by atomic mass is 15.5. The summed E-state index contributed by atoms with van der Waals surface area (Å²) in [6, 6.07) is 27.7. The highest BCUT2D eigenvalue weighted by Crippen LogP contribution is 2.31. The summed E-state index contributed by atoms with van der Waals surface area (Å²) >= 11 is 0. The van der Waals surface area contributed by atoms with Gasteiger partial charge in [-0.15, -0.1) is 0 Å². The Morgan fingerprint density at radius 2 is 1.20 bits per heavy atom. The molecule has 0 N–H and O–H groups in total. The second-order valence-corrected chi connectivity index (χ2v) is 11.8. The standard InChI is InChI=1S/C20H23N4.C16H21N4/c1-15-9-5-6-10-17(15)23-13-14-24(16(23)2)20-21(3)18-11-7-8-12-19(18)22(20)4;1-13-7-5-6-8-15(13)20-10-9-16(18(20)4)19-12-11-17(3)14(19)2/h5-14,16H,1-4H3;5-12,14H,1-4H3/q2*+1/t16-;14-/m10/s1. The van der Waals surface area contributed by atoms with Crippen molar-refractivity contribution in [3.8, 4) is 5.69 Å². The molecule has 2 atom stereocenters. The fourth-order valence-electron chi connectivity index (χ4n) is 6.37. The zero-order valence-electron chi connectivity index (χ0n) is 27.1. The topological polar surface area (TPSA) is 30.6 Å². The van der Waals surface area contributed by atoms with E-state index in [-0.39, 0.29) is 6.17 Å². The van der Waals surface area contributed by atoms with Crippen LogP contribution in [-0.4, -0.2) is 33.5 Å². The van der Waals surface area contributed by atoms with Crippen LogP contribution in [-0.2, 0) is 21.1 Å². The molecule has 2 aromatic heterocycles. The van der Waals surface area contributed by atoms with Gasteiger partial charge in [-0.3, -0.25) is 0 Å². The molecule has 2 aliphatic rings. The number of nitrogens with zero attached hydrogens (tertiary/aromatic N) is 8. The minimum absolute atomic E-state index is 0.223. The van der Waals surface area contributed by atoms with Crippen molar-refractivity contribution in [2.75, 3.05) is 21.7 Å². The lowest BCUT2D eigenvalue weighted by atomic mass is 10.2. The van der Waals surface area contributed by atoms with E-state index in [0.717, 1.165) is 0 Å². The van der Waals surface area contributed by atoms with Crippen LogP contribution in [0.1, 0.15) is 25.0 Å². The predicted molar refractivity (Wildman–Crippen MR) is 179 cm³/mol. The maximum atomic E-state index is 2.33. The quantitative estimate of drug-likeness (QED) is 0.255. The molecule has 0 saturated heterocycles. The number of fused-ring (bicyclic) bond motifs is 1. The summed E-state index contributed by atoms with van der Waals surface area (Å²) in [7, 11) is 8.46. The van der Waals surface area contributed by atoms with Gasteiger partial charge >= 0.3 is 11.8 Å². The Kier molecular flexibility index (Phi) is 7.67. The summed E-state index contributed by atoms with van der Waals surface area (Å²) in [6.45, 7) is 8.74. The molecule has 2 aliphatic heterocycles. The van der Waals surface area contributed by atoms with E-state index >= 15 is 0 Å². The molecular weight excluding hydrogens is 544 g/mol. The Morgan fingerprint density at radius 3 is 1.84 bits per heavy atom. The van der Waals surface area contributed by atoms with Crippen molar-refractivity contribution in [1.29, 1.82) is 0 Å². The molecule has 4 heterocycles. The number of hydrogen-bond acceptors (Lipinski definition) is 4. The van der Waals surface area contributed by atoms with Crippen LogP contribution < -0.4 is 23.9 Å². The maximum absolute atomic E-state index is 2.33. The normalized spacial score (nSPS) is 17.6. The minimum Gasteiger partial charge on any atom is -0.339 e. The highest BCUT2D eigenvalue weighted by Gasteiger charge is 2.35.